The minimum atomic E-state index is -1.30. The topological polar surface area (TPSA) is 87.3 Å². The maximum atomic E-state index is 13.4. The summed E-state index contributed by atoms with van der Waals surface area (Å²) in [5, 5.41) is 0. The van der Waals surface area contributed by atoms with Gasteiger partial charge in [-0.25, -0.2) is 8.78 Å². The van der Waals surface area contributed by atoms with Crippen LogP contribution in [0.3, 0.4) is 0 Å². The Morgan fingerprint density at radius 1 is 1.14 bits per heavy atom. The van der Waals surface area contributed by atoms with Gasteiger partial charge in [0.05, 0.1) is 31.5 Å². The normalized spacial score (nSPS) is 10.3. The van der Waals surface area contributed by atoms with Crippen LogP contribution < -0.4 is 15.2 Å². The highest BCUT2D eigenvalue weighted by Crippen LogP contribution is 2.23. The molecule has 0 saturated carbocycles. The van der Waals surface area contributed by atoms with E-state index < -0.39 is 23.1 Å². The third-order valence-electron chi connectivity index (χ3n) is 2.68. The Balaban J connectivity index is 2.52. The minimum absolute atomic E-state index is 0.0892. The number of halogens is 2. The molecule has 21 heavy (non-hydrogen) atoms. The zero-order valence-electron chi connectivity index (χ0n) is 11.2. The van der Waals surface area contributed by atoms with Crippen molar-refractivity contribution in [1.29, 1.82) is 0 Å². The van der Waals surface area contributed by atoms with Gasteiger partial charge in [-0.1, -0.05) is 0 Å². The lowest BCUT2D eigenvalue weighted by Gasteiger charge is -2.08. The van der Waals surface area contributed by atoms with E-state index in [2.05, 4.69) is 9.97 Å². The second kappa shape index (κ2) is 5.70. The van der Waals surface area contributed by atoms with Crippen LogP contribution in [0.1, 0.15) is 16.2 Å². The fourth-order valence-electron chi connectivity index (χ4n) is 1.60. The van der Waals surface area contributed by atoms with Crippen LogP contribution >= 0.6 is 0 Å². The molecule has 0 amide bonds. The highest BCUT2D eigenvalue weighted by atomic mass is 19.2. The molecule has 0 saturated heterocycles. The number of aromatic nitrogens is 2. The van der Waals surface area contributed by atoms with E-state index in [-0.39, 0.29) is 23.1 Å². The van der Waals surface area contributed by atoms with Gasteiger partial charge < -0.3 is 15.2 Å². The fraction of sp³-hybridized carbons (Fsp3) is 0.154. The highest BCUT2D eigenvalue weighted by Gasteiger charge is 2.21. The van der Waals surface area contributed by atoms with E-state index in [1.807, 2.05) is 0 Å². The summed E-state index contributed by atoms with van der Waals surface area (Å²) in [4.78, 5) is 19.9. The van der Waals surface area contributed by atoms with Crippen LogP contribution in [0, 0.1) is 11.6 Å². The summed E-state index contributed by atoms with van der Waals surface area (Å²) >= 11 is 0. The van der Waals surface area contributed by atoms with Gasteiger partial charge in [-0.2, -0.15) is 9.97 Å². The van der Waals surface area contributed by atoms with Gasteiger partial charge in [-0.15, -0.1) is 0 Å². The molecule has 2 aromatic rings. The van der Waals surface area contributed by atoms with Gasteiger partial charge in [0, 0.05) is 0 Å². The predicted molar refractivity (Wildman–Crippen MR) is 69.3 cm³/mol. The fourth-order valence-corrected chi connectivity index (χ4v) is 1.60. The van der Waals surface area contributed by atoms with Crippen LogP contribution in [0.15, 0.2) is 18.2 Å². The molecule has 0 bridgehead atoms. The second-order valence-corrected chi connectivity index (χ2v) is 3.93. The molecule has 0 aliphatic heterocycles. The Kier molecular flexibility index (Phi) is 3.97. The number of methoxy groups -OCH3 is 2. The van der Waals surface area contributed by atoms with Crippen LogP contribution in [-0.4, -0.2) is 30.0 Å². The van der Waals surface area contributed by atoms with Crippen LogP contribution in [0.2, 0.25) is 0 Å². The molecule has 1 aromatic heterocycles. The van der Waals surface area contributed by atoms with Crippen molar-refractivity contribution in [1.82, 2.24) is 9.97 Å². The molecule has 0 atom stereocenters. The monoisotopic (exact) mass is 295 g/mol. The number of nitrogens with two attached hydrogens (primary N) is 1. The van der Waals surface area contributed by atoms with E-state index in [9.17, 15) is 13.6 Å². The van der Waals surface area contributed by atoms with Crippen LogP contribution in [0.4, 0.5) is 14.5 Å². The number of ketones is 1. The zero-order valence-corrected chi connectivity index (χ0v) is 11.2. The van der Waals surface area contributed by atoms with Crippen molar-refractivity contribution in [3.63, 3.8) is 0 Å². The molecule has 0 radical (unpaired) electrons. The second-order valence-electron chi connectivity index (χ2n) is 3.93. The Bertz CT molecular complexity index is 685. The average molecular weight is 295 g/mol. The molecule has 0 fully saturated rings. The molecule has 0 unspecified atom stereocenters. The Morgan fingerprint density at radius 3 is 2.24 bits per heavy atom. The van der Waals surface area contributed by atoms with Crippen LogP contribution in [0.5, 0.6) is 11.8 Å². The first kappa shape index (κ1) is 14.6. The molecule has 0 aliphatic carbocycles. The van der Waals surface area contributed by atoms with Crippen LogP contribution in [-0.2, 0) is 0 Å². The Labute approximate surface area is 118 Å². The first-order chi connectivity index (χ1) is 9.97. The quantitative estimate of drug-likeness (QED) is 0.680. The average Bonchev–Trinajstić information content (AvgIpc) is 2.51. The summed E-state index contributed by atoms with van der Waals surface area (Å²) in [5.74, 6) is -3.34. The number of rotatable bonds is 4. The third kappa shape index (κ3) is 2.73. The zero-order chi connectivity index (χ0) is 15.6. The maximum Gasteiger partial charge on any atom is 0.232 e. The van der Waals surface area contributed by atoms with Gasteiger partial charge in [0.15, 0.2) is 11.6 Å². The summed E-state index contributed by atoms with van der Waals surface area (Å²) in [6.45, 7) is 0. The summed E-state index contributed by atoms with van der Waals surface area (Å²) in [7, 11) is 2.70. The Hall–Kier alpha value is -2.77. The van der Waals surface area contributed by atoms with E-state index in [1.165, 1.54) is 20.3 Å². The summed E-state index contributed by atoms with van der Waals surface area (Å²) in [5.41, 5.74) is 4.56. The lowest BCUT2D eigenvalue weighted by Crippen LogP contribution is -2.12. The molecule has 2 rings (SSSR count). The van der Waals surface area contributed by atoms with Crippen molar-refractivity contribution in [3.8, 4) is 11.8 Å². The largest absolute Gasteiger partial charge is 0.481 e. The number of hydrogen-bond donors (Lipinski definition) is 1. The highest BCUT2D eigenvalue weighted by molar-refractivity contribution is 6.10. The third-order valence-corrected chi connectivity index (χ3v) is 2.68. The number of nitrogens with zero attached hydrogens (tertiary/aromatic N) is 2. The molecule has 110 valence electrons. The van der Waals surface area contributed by atoms with Gasteiger partial charge in [-0.3, -0.25) is 4.79 Å². The number of nitrogen functional groups attached to an aromatic ring is 1. The van der Waals surface area contributed by atoms with Crippen molar-refractivity contribution in [2.75, 3.05) is 20.0 Å². The molecule has 8 heteroatoms. The van der Waals surface area contributed by atoms with Gasteiger partial charge in [0.1, 0.15) is 0 Å². The SMILES string of the molecule is COc1cc(OC)nc(C(=O)c2ccc(F)c(F)c2N)n1. The van der Waals surface area contributed by atoms with Crippen LogP contribution in [0.25, 0.3) is 0 Å². The van der Waals surface area contributed by atoms with Crippen molar-refractivity contribution in [3.05, 3.63) is 41.2 Å². The summed E-state index contributed by atoms with van der Waals surface area (Å²) in [6, 6.07) is 3.23. The van der Waals surface area contributed by atoms with E-state index in [0.29, 0.717) is 0 Å². The molecule has 1 heterocycles. The van der Waals surface area contributed by atoms with E-state index in [1.54, 1.807) is 0 Å². The van der Waals surface area contributed by atoms with Crippen molar-refractivity contribution in [2.45, 2.75) is 0 Å². The van der Waals surface area contributed by atoms with Gasteiger partial charge >= 0.3 is 0 Å². The molecular weight excluding hydrogens is 284 g/mol. The van der Waals surface area contributed by atoms with E-state index >= 15 is 0 Å². The van der Waals surface area contributed by atoms with Gasteiger partial charge in [0.25, 0.3) is 0 Å². The van der Waals surface area contributed by atoms with Gasteiger partial charge in [0.2, 0.25) is 23.4 Å². The number of benzene rings is 1. The summed E-state index contributed by atoms with van der Waals surface area (Å²) < 4.78 is 36.3. The van der Waals surface area contributed by atoms with E-state index in [4.69, 9.17) is 15.2 Å². The number of hydrogen-bond acceptors (Lipinski definition) is 6. The molecule has 0 spiro atoms. The first-order valence-corrected chi connectivity index (χ1v) is 5.73. The number of carbonyl (C=O) groups is 1. The lowest BCUT2D eigenvalue weighted by atomic mass is 10.1. The summed E-state index contributed by atoms with van der Waals surface area (Å²) in [6.07, 6.45) is 0. The van der Waals surface area contributed by atoms with E-state index in [0.717, 1.165) is 12.1 Å². The number of ether oxygens (including phenoxy) is 2. The molecule has 1 aromatic carbocycles. The number of carbonyl (C=O) groups excluding carboxylic acids is 1. The number of anilines is 1. The molecule has 6 nitrogen and oxygen atoms in total. The van der Waals surface area contributed by atoms with Crippen molar-refractivity contribution >= 4 is 11.5 Å². The maximum absolute atomic E-state index is 13.4. The Morgan fingerprint density at radius 2 is 1.71 bits per heavy atom. The standard InChI is InChI=1S/C13H11F2N3O3/c1-20-8-5-9(21-2)18-13(17-8)12(19)6-3-4-7(14)10(15)11(6)16/h3-5H,16H2,1-2H3. The smallest absolute Gasteiger partial charge is 0.232 e. The molecular formula is C13H11F2N3O3. The minimum Gasteiger partial charge on any atom is -0.481 e. The predicted octanol–water partition coefficient (Wildman–Crippen LogP) is 1.59. The van der Waals surface area contributed by atoms with Crippen molar-refractivity contribution < 1.29 is 23.0 Å². The molecule has 0 aliphatic rings. The first-order valence-electron chi connectivity index (χ1n) is 5.73. The van der Waals surface area contributed by atoms with Gasteiger partial charge in [-0.05, 0) is 12.1 Å². The molecule has 2 N–H and O–H groups in total. The van der Waals surface area contributed by atoms with Crippen molar-refractivity contribution in [2.24, 2.45) is 0 Å². The lowest BCUT2D eigenvalue weighted by molar-refractivity contribution is 0.102.